The molecule has 1 heterocycles. The molecule has 1 fully saturated rings. The average Bonchev–Trinajstić information content (AvgIpc) is 3.03. The molecule has 1 aliphatic rings. The number of hydrogen-bond acceptors (Lipinski definition) is 3. The minimum absolute atomic E-state index is 0.877. The summed E-state index contributed by atoms with van der Waals surface area (Å²) in [7, 11) is 1.95. The number of likely N-dealkylation sites (N-methyl/N-ethyl adjacent to an activating group) is 1. The third-order valence-electron chi connectivity index (χ3n) is 3.12. The average molecular weight is 222 g/mol. The molecule has 1 saturated carbocycles. The molecule has 0 radical (unpaired) electrons. The van der Waals surface area contributed by atoms with Gasteiger partial charge in [0.15, 0.2) is 0 Å². The molecule has 0 saturated heterocycles. The van der Waals surface area contributed by atoms with Crippen LogP contribution < -0.4 is 5.32 Å². The maximum Gasteiger partial charge on any atom is 0.0762 e. The van der Waals surface area contributed by atoms with E-state index in [0.29, 0.717) is 0 Å². The van der Waals surface area contributed by atoms with Crippen molar-refractivity contribution in [1.29, 1.82) is 0 Å². The number of aromatic nitrogens is 2. The second kappa shape index (κ2) is 5.46. The van der Waals surface area contributed by atoms with Crippen LogP contribution in [-0.4, -0.2) is 40.4 Å². The minimum atomic E-state index is 0.877. The van der Waals surface area contributed by atoms with Gasteiger partial charge in [0, 0.05) is 38.9 Å². The van der Waals surface area contributed by atoms with Gasteiger partial charge in [-0.3, -0.25) is 9.58 Å². The molecular formula is C12H22N4. The van der Waals surface area contributed by atoms with Crippen LogP contribution in [0.4, 0.5) is 0 Å². The summed E-state index contributed by atoms with van der Waals surface area (Å²) in [6.07, 6.45) is 4.78. The van der Waals surface area contributed by atoms with Gasteiger partial charge in [0.25, 0.3) is 0 Å². The molecule has 0 aromatic carbocycles. The third-order valence-corrected chi connectivity index (χ3v) is 3.12. The first-order valence-electron chi connectivity index (χ1n) is 6.23. The highest BCUT2D eigenvalue weighted by molar-refractivity contribution is 4.97. The topological polar surface area (TPSA) is 33.1 Å². The lowest BCUT2D eigenvalue weighted by molar-refractivity contribution is 0.276. The van der Waals surface area contributed by atoms with E-state index in [0.717, 1.165) is 31.4 Å². The second-order valence-corrected chi connectivity index (χ2v) is 4.52. The van der Waals surface area contributed by atoms with Crippen molar-refractivity contribution in [3.63, 3.8) is 0 Å². The fourth-order valence-corrected chi connectivity index (χ4v) is 2.04. The van der Waals surface area contributed by atoms with Crippen molar-refractivity contribution >= 4 is 0 Å². The van der Waals surface area contributed by atoms with Crippen molar-refractivity contribution in [1.82, 2.24) is 20.0 Å². The van der Waals surface area contributed by atoms with Crippen molar-refractivity contribution in [3.8, 4) is 0 Å². The summed E-state index contributed by atoms with van der Waals surface area (Å²) in [6.45, 7) is 6.52. The Balaban J connectivity index is 1.60. The zero-order valence-electron chi connectivity index (χ0n) is 10.3. The molecule has 16 heavy (non-hydrogen) atoms. The van der Waals surface area contributed by atoms with E-state index in [2.05, 4.69) is 28.3 Å². The number of rotatable bonds is 7. The van der Waals surface area contributed by atoms with Crippen LogP contribution in [0.2, 0.25) is 0 Å². The van der Waals surface area contributed by atoms with Crippen LogP contribution in [0, 0.1) is 0 Å². The SMILES string of the molecule is CCN(CCNCc1ccn(C)n1)C1CC1. The normalized spacial score (nSPS) is 15.9. The van der Waals surface area contributed by atoms with Gasteiger partial charge in [-0.15, -0.1) is 0 Å². The van der Waals surface area contributed by atoms with Crippen molar-refractivity contribution in [2.45, 2.75) is 32.4 Å². The lowest BCUT2D eigenvalue weighted by Crippen LogP contribution is -2.33. The van der Waals surface area contributed by atoms with Crippen LogP contribution in [0.5, 0.6) is 0 Å². The molecule has 0 bridgehead atoms. The van der Waals surface area contributed by atoms with Gasteiger partial charge in [-0.1, -0.05) is 6.92 Å². The highest BCUT2D eigenvalue weighted by Crippen LogP contribution is 2.25. The van der Waals surface area contributed by atoms with Gasteiger partial charge < -0.3 is 5.32 Å². The molecule has 2 rings (SSSR count). The van der Waals surface area contributed by atoms with E-state index in [9.17, 15) is 0 Å². The standard InChI is InChI=1S/C12H22N4/c1-3-16(12-4-5-12)9-7-13-10-11-6-8-15(2)14-11/h6,8,12-13H,3-5,7,9-10H2,1-2H3. The first-order chi connectivity index (χ1) is 7.79. The van der Waals surface area contributed by atoms with E-state index in [4.69, 9.17) is 0 Å². The molecule has 0 aliphatic heterocycles. The van der Waals surface area contributed by atoms with Crippen molar-refractivity contribution < 1.29 is 0 Å². The summed E-state index contributed by atoms with van der Waals surface area (Å²) in [4.78, 5) is 2.56. The molecule has 0 amide bonds. The fourth-order valence-electron chi connectivity index (χ4n) is 2.04. The van der Waals surface area contributed by atoms with Crippen molar-refractivity contribution in [3.05, 3.63) is 18.0 Å². The van der Waals surface area contributed by atoms with E-state index < -0.39 is 0 Å². The second-order valence-electron chi connectivity index (χ2n) is 4.52. The van der Waals surface area contributed by atoms with Gasteiger partial charge in [0.2, 0.25) is 0 Å². The molecule has 90 valence electrons. The maximum atomic E-state index is 4.34. The Morgan fingerprint density at radius 3 is 2.94 bits per heavy atom. The lowest BCUT2D eigenvalue weighted by atomic mass is 10.4. The van der Waals surface area contributed by atoms with Gasteiger partial charge in [-0.25, -0.2) is 0 Å². The predicted octanol–water partition coefficient (Wildman–Crippen LogP) is 0.994. The maximum absolute atomic E-state index is 4.34. The summed E-state index contributed by atoms with van der Waals surface area (Å²) < 4.78 is 1.85. The molecule has 1 aliphatic carbocycles. The molecule has 1 aromatic heterocycles. The largest absolute Gasteiger partial charge is 0.310 e. The summed E-state index contributed by atoms with van der Waals surface area (Å²) in [5, 5.41) is 7.78. The summed E-state index contributed by atoms with van der Waals surface area (Å²) >= 11 is 0. The van der Waals surface area contributed by atoms with E-state index in [-0.39, 0.29) is 0 Å². The number of nitrogens with zero attached hydrogens (tertiary/aromatic N) is 3. The van der Waals surface area contributed by atoms with E-state index in [1.807, 2.05) is 17.9 Å². The molecule has 0 spiro atoms. The van der Waals surface area contributed by atoms with Crippen LogP contribution in [0.25, 0.3) is 0 Å². The van der Waals surface area contributed by atoms with Gasteiger partial charge in [-0.05, 0) is 25.5 Å². The van der Waals surface area contributed by atoms with Crippen LogP contribution in [0.1, 0.15) is 25.5 Å². The zero-order chi connectivity index (χ0) is 11.4. The minimum Gasteiger partial charge on any atom is -0.310 e. The zero-order valence-corrected chi connectivity index (χ0v) is 10.3. The van der Waals surface area contributed by atoms with E-state index in [1.165, 1.54) is 19.4 Å². The first-order valence-corrected chi connectivity index (χ1v) is 6.23. The fraction of sp³-hybridized carbons (Fsp3) is 0.750. The molecule has 4 nitrogen and oxygen atoms in total. The van der Waals surface area contributed by atoms with Crippen LogP contribution in [0.3, 0.4) is 0 Å². The molecule has 0 atom stereocenters. The molecule has 1 aromatic rings. The Kier molecular flexibility index (Phi) is 3.96. The van der Waals surface area contributed by atoms with E-state index >= 15 is 0 Å². The summed E-state index contributed by atoms with van der Waals surface area (Å²) in [5.41, 5.74) is 1.12. The Morgan fingerprint density at radius 2 is 2.38 bits per heavy atom. The number of hydrogen-bond donors (Lipinski definition) is 1. The molecule has 4 heteroatoms. The van der Waals surface area contributed by atoms with Gasteiger partial charge in [0.1, 0.15) is 0 Å². The Morgan fingerprint density at radius 1 is 1.56 bits per heavy atom. The highest BCUT2D eigenvalue weighted by Gasteiger charge is 2.26. The smallest absolute Gasteiger partial charge is 0.0762 e. The molecule has 1 N–H and O–H groups in total. The predicted molar refractivity (Wildman–Crippen MR) is 65.2 cm³/mol. The van der Waals surface area contributed by atoms with Gasteiger partial charge in [0.05, 0.1) is 5.69 Å². The number of aryl methyl sites for hydroxylation is 1. The Bertz CT molecular complexity index is 317. The first kappa shape index (κ1) is 11.6. The number of nitrogens with one attached hydrogen (secondary N) is 1. The highest BCUT2D eigenvalue weighted by atomic mass is 15.3. The molecular weight excluding hydrogens is 200 g/mol. The lowest BCUT2D eigenvalue weighted by Gasteiger charge is -2.19. The van der Waals surface area contributed by atoms with Crippen LogP contribution in [-0.2, 0) is 13.6 Å². The van der Waals surface area contributed by atoms with Crippen LogP contribution >= 0.6 is 0 Å². The quantitative estimate of drug-likeness (QED) is 0.699. The van der Waals surface area contributed by atoms with E-state index in [1.54, 1.807) is 0 Å². The third kappa shape index (κ3) is 3.32. The van der Waals surface area contributed by atoms with Crippen molar-refractivity contribution in [2.24, 2.45) is 7.05 Å². The Labute approximate surface area is 97.6 Å². The monoisotopic (exact) mass is 222 g/mol. The Hall–Kier alpha value is -0.870. The summed E-state index contributed by atoms with van der Waals surface area (Å²) in [5.74, 6) is 0. The van der Waals surface area contributed by atoms with Crippen molar-refractivity contribution in [2.75, 3.05) is 19.6 Å². The summed E-state index contributed by atoms with van der Waals surface area (Å²) in [6, 6.07) is 2.94. The van der Waals surface area contributed by atoms with Gasteiger partial charge >= 0.3 is 0 Å². The van der Waals surface area contributed by atoms with Crippen LogP contribution in [0.15, 0.2) is 12.3 Å². The molecule has 0 unspecified atom stereocenters. The van der Waals surface area contributed by atoms with Gasteiger partial charge in [-0.2, -0.15) is 5.10 Å².